The molecule has 126 valence electrons. The van der Waals surface area contributed by atoms with Gasteiger partial charge in [-0.2, -0.15) is 0 Å². The fourth-order valence-electron chi connectivity index (χ4n) is 2.49. The average Bonchev–Trinajstić information content (AvgIpc) is 3.05. The fourth-order valence-corrected chi connectivity index (χ4v) is 2.61. The first-order valence-corrected chi connectivity index (χ1v) is 8.45. The molecule has 1 aromatic carbocycles. The number of carbonyl (C=O) groups excluding carboxylic acids is 2. The molecule has 2 amide bonds. The molecule has 0 saturated carbocycles. The third-order valence-corrected chi connectivity index (χ3v) is 4.00. The Hall–Kier alpha value is -1.59. The lowest BCUT2D eigenvalue weighted by molar-refractivity contribution is -0.122. The van der Waals surface area contributed by atoms with E-state index in [2.05, 4.69) is 10.6 Å². The van der Waals surface area contributed by atoms with Gasteiger partial charge in [-0.05, 0) is 49.9 Å². The van der Waals surface area contributed by atoms with Crippen LogP contribution in [0.4, 0.5) is 5.69 Å². The number of nitrogens with one attached hydrogen (secondary N) is 2. The molecule has 6 heteroatoms. The molecule has 0 aliphatic carbocycles. The number of ether oxygens (including phenoxy) is 1. The number of amides is 2. The highest BCUT2D eigenvalue weighted by atomic mass is 35.5. The van der Waals surface area contributed by atoms with Crippen LogP contribution in [0, 0.1) is 0 Å². The van der Waals surface area contributed by atoms with E-state index in [1.54, 1.807) is 24.3 Å². The molecule has 0 aromatic heterocycles. The van der Waals surface area contributed by atoms with Gasteiger partial charge in [0.15, 0.2) is 0 Å². The Kier molecular flexibility index (Phi) is 7.36. The van der Waals surface area contributed by atoms with E-state index >= 15 is 0 Å². The van der Waals surface area contributed by atoms with E-state index in [1.165, 1.54) is 0 Å². The molecule has 0 bridgehead atoms. The predicted octanol–water partition coefficient (Wildman–Crippen LogP) is 3.13. The van der Waals surface area contributed by atoms with Crippen LogP contribution < -0.4 is 10.6 Å². The molecule has 2 N–H and O–H groups in total. The van der Waals surface area contributed by atoms with Crippen LogP contribution in [-0.2, 0) is 14.3 Å². The minimum absolute atomic E-state index is 0.0265. The van der Waals surface area contributed by atoms with Crippen LogP contribution in [0.1, 0.15) is 38.5 Å². The van der Waals surface area contributed by atoms with Gasteiger partial charge in [-0.1, -0.05) is 11.6 Å². The van der Waals surface area contributed by atoms with Gasteiger partial charge >= 0.3 is 0 Å². The molecule has 1 aromatic rings. The summed E-state index contributed by atoms with van der Waals surface area (Å²) in [5, 5.41) is 6.27. The van der Waals surface area contributed by atoms with Gasteiger partial charge in [0, 0.05) is 36.7 Å². The molecule has 1 atom stereocenters. The first-order valence-electron chi connectivity index (χ1n) is 8.07. The van der Waals surface area contributed by atoms with Gasteiger partial charge in [-0.3, -0.25) is 9.59 Å². The van der Waals surface area contributed by atoms with Crippen molar-refractivity contribution in [1.29, 1.82) is 0 Å². The Bertz CT molecular complexity index is 513. The van der Waals surface area contributed by atoms with Gasteiger partial charge in [0.2, 0.25) is 11.8 Å². The highest BCUT2D eigenvalue weighted by Crippen LogP contribution is 2.16. The second-order valence-corrected chi connectivity index (χ2v) is 6.12. The van der Waals surface area contributed by atoms with Crippen LogP contribution in [0.2, 0.25) is 5.02 Å². The molecule has 0 spiro atoms. The Balaban J connectivity index is 1.53. The van der Waals surface area contributed by atoms with Crippen molar-refractivity contribution in [2.75, 3.05) is 18.5 Å². The van der Waals surface area contributed by atoms with Crippen LogP contribution in [0.5, 0.6) is 0 Å². The summed E-state index contributed by atoms with van der Waals surface area (Å²) in [5.74, 6) is -0.0421. The van der Waals surface area contributed by atoms with Crippen molar-refractivity contribution in [2.24, 2.45) is 0 Å². The topological polar surface area (TPSA) is 67.4 Å². The summed E-state index contributed by atoms with van der Waals surface area (Å²) in [6.45, 7) is 1.33. The van der Waals surface area contributed by atoms with E-state index in [0.29, 0.717) is 30.8 Å². The zero-order valence-corrected chi connectivity index (χ0v) is 13.9. The van der Waals surface area contributed by atoms with E-state index in [1.807, 2.05) is 0 Å². The predicted molar refractivity (Wildman–Crippen MR) is 90.5 cm³/mol. The molecule has 1 saturated heterocycles. The average molecular weight is 339 g/mol. The van der Waals surface area contributed by atoms with Crippen molar-refractivity contribution in [2.45, 2.75) is 44.6 Å². The van der Waals surface area contributed by atoms with E-state index in [0.717, 1.165) is 31.6 Å². The Morgan fingerprint density at radius 2 is 1.96 bits per heavy atom. The van der Waals surface area contributed by atoms with Crippen LogP contribution in [0.25, 0.3) is 0 Å². The van der Waals surface area contributed by atoms with Crippen LogP contribution in [0.15, 0.2) is 24.3 Å². The van der Waals surface area contributed by atoms with Crippen molar-refractivity contribution in [1.82, 2.24) is 5.32 Å². The summed E-state index contributed by atoms with van der Waals surface area (Å²) in [7, 11) is 0. The van der Waals surface area contributed by atoms with Gasteiger partial charge in [-0.25, -0.2) is 0 Å². The van der Waals surface area contributed by atoms with Crippen molar-refractivity contribution < 1.29 is 14.3 Å². The van der Waals surface area contributed by atoms with Crippen molar-refractivity contribution in [3.8, 4) is 0 Å². The summed E-state index contributed by atoms with van der Waals surface area (Å²) in [6, 6.07) is 6.97. The lowest BCUT2D eigenvalue weighted by atomic mass is 10.1. The molecule has 0 radical (unpaired) electrons. The highest BCUT2D eigenvalue weighted by Gasteiger charge is 2.16. The van der Waals surface area contributed by atoms with E-state index < -0.39 is 0 Å². The number of halogens is 1. The first kappa shape index (κ1) is 17.8. The molecule has 1 fully saturated rings. The number of anilines is 1. The smallest absolute Gasteiger partial charge is 0.224 e. The van der Waals surface area contributed by atoms with Gasteiger partial charge in [0.25, 0.3) is 0 Å². The summed E-state index contributed by atoms with van der Waals surface area (Å²) in [4.78, 5) is 23.5. The summed E-state index contributed by atoms with van der Waals surface area (Å²) < 4.78 is 5.48. The minimum atomic E-state index is -0.0686. The molecule has 1 aliphatic rings. The number of hydrogen-bond acceptors (Lipinski definition) is 3. The Morgan fingerprint density at radius 1 is 1.17 bits per heavy atom. The molecule has 23 heavy (non-hydrogen) atoms. The second-order valence-electron chi connectivity index (χ2n) is 5.68. The normalized spacial score (nSPS) is 17.0. The van der Waals surface area contributed by atoms with Gasteiger partial charge < -0.3 is 15.4 Å². The third kappa shape index (κ3) is 7.01. The monoisotopic (exact) mass is 338 g/mol. The van der Waals surface area contributed by atoms with Gasteiger partial charge in [0.05, 0.1) is 6.10 Å². The minimum Gasteiger partial charge on any atom is -0.378 e. The Labute approximate surface area is 141 Å². The summed E-state index contributed by atoms with van der Waals surface area (Å²) in [5.41, 5.74) is 0.722. The zero-order valence-electron chi connectivity index (χ0n) is 13.1. The lowest BCUT2D eigenvalue weighted by Gasteiger charge is -2.09. The summed E-state index contributed by atoms with van der Waals surface area (Å²) in [6.07, 6.45) is 4.64. The van der Waals surface area contributed by atoms with Crippen LogP contribution in [0.3, 0.4) is 0 Å². The van der Waals surface area contributed by atoms with Gasteiger partial charge in [-0.15, -0.1) is 0 Å². The maximum Gasteiger partial charge on any atom is 0.224 e. The van der Waals surface area contributed by atoms with Crippen molar-refractivity contribution in [3.63, 3.8) is 0 Å². The molecule has 5 nitrogen and oxygen atoms in total. The number of benzene rings is 1. The maximum atomic E-state index is 11.8. The quantitative estimate of drug-likeness (QED) is 0.715. The Morgan fingerprint density at radius 3 is 2.65 bits per heavy atom. The van der Waals surface area contributed by atoms with Crippen molar-refractivity contribution in [3.05, 3.63) is 29.3 Å². The zero-order chi connectivity index (χ0) is 16.5. The fraction of sp³-hybridized carbons (Fsp3) is 0.529. The molecule has 1 heterocycles. The lowest BCUT2D eigenvalue weighted by Crippen LogP contribution is -2.26. The standard InChI is InChI=1S/C17H23ClN2O3/c18-13-5-7-14(8-6-13)20-17(22)4-1-11-19-16(21)10-9-15-3-2-12-23-15/h5-8,15H,1-4,9-12H2,(H,19,21)(H,20,22)/t15-/m1/s1. The van der Waals surface area contributed by atoms with Crippen LogP contribution >= 0.6 is 11.6 Å². The largest absolute Gasteiger partial charge is 0.378 e. The van der Waals surface area contributed by atoms with E-state index in [9.17, 15) is 9.59 Å². The van der Waals surface area contributed by atoms with E-state index in [4.69, 9.17) is 16.3 Å². The second kappa shape index (κ2) is 9.53. The number of hydrogen-bond donors (Lipinski definition) is 2. The highest BCUT2D eigenvalue weighted by molar-refractivity contribution is 6.30. The molecular formula is C17H23ClN2O3. The van der Waals surface area contributed by atoms with Crippen LogP contribution in [-0.4, -0.2) is 31.1 Å². The number of carbonyl (C=O) groups is 2. The molecular weight excluding hydrogens is 316 g/mol. The van der Waals surface area contributed by atoms with E-state index in [-0.39, 0.29) is 17.9 Å². The van der Waals surface area contributed by atoms with Crippen molar-refractivity contribution >= 4 is 29.1 Å². The molecule has 1 aliphatic heterocycles. The molecule has 0 unspecified atom stereocenters. The first-order chi connectivity index (χ1) is 11.1. The SMILES string of the molecule is O=C(CC[C@H]1CCCO1)NCCCC(=O)Nc1ccc(Cl)cc1. The maximum absolute atomic E-state index is 11.8. The third-order valence-electron chi connectivity index (χ3n) is 3.75. The van der Waals surface area contributed by atoms with Gasteiger partial charge in [0.1, 0.15) is 0 Å². The number of rotatable bonds is 8. The molecule has 2 rings (SSSR count). The summed E-state index contributed by atoms with van der Waals surface area (Å²) >= 11 is 5.79.